The maximum absolute atomic E-state index is 5.85. The molecule has 16 heavy (non-hydrogen) atoms. The highest BCUT2D eigenvalue weighted by molar-refractivity contribution is 5.34. The van der Waals surface area contributed by atoms with Crippen LogP contribution in [-0.2, 0) is 19.3 Å². The molecular formula is C15H21N. The molecule has 1 aromatic rings. The highest BCUT2D eigenvalue weighted by Crippen LogP contribution is 2.47. The molecule has 2 N–H and O–H groups in total. The van der Waals surface area contributed by atoms with E-state index < -0.39 is 0 Å². The highest BCUT2D eigenvalue weighted by atomic mass is 14.6. The van der Waals surface area contributed by atoms with Crippen molar-refractivity contribution in [1.29, 1.82) is 0 Å². The average molecular weight is 215 g/mol. The molecule has 1 saturated carbocycles. The van der Waals surface area contributed by atoms with Crippen molar-refractivity contribution in [1.82, 2.24) is 0 Å². The van der Waals surface area contributed by atoms with Crippen molar-refractivity contribution in [3.8, 4) is 0 Å². The lowest BCUT2D eigenvalue weighted by Crippen LogP contribution is -2.18. The van der Waals surface area contributed by atoms with Gasteiger partial charge in [-0.1, -0.05) is 18.2 Å². The minimum Gasteiger partial charge on any atom is -0.330 e. The Bertz CT molecular complexity index is 390. The van der Waals surface area contributed by atoms with Gasteiger partial charge in [-0.25, -0.2) is 0 Å². The topological polar surface area (TPSA) is 26.0 Å². The van der Waals surface area contributed by atoms with Gasteiger partial charge in [-0.3, -0.25) is 0 Å². The summed E-state index contributed by atoms with van der Waals surface area (Å²) in [5.74, 6) is 0. The first kappa shape index (κ1) is 10.3. The summed E-state index contributed by atoms with van der Waals surface area (Å²) >= 11 is 0. The van der Waals surface area contributed by atoms with Crippen LogP contribution in [0.3, 0.4) is 0 Å². The number of benzene rings is 1. The smallest absolute Gasteiger partial charge is 0.00173 e. The van der Waals surface area contributed by atoms with Crippen molar-refractivity contribution in [3.05, 3.63) is 34.9 Å². The van der Waals surface area contributed by atoms with Crippen LogP contribution in [-0.4, -0.2) is 6.54 Å². The van der Waals surface area contributed by atoms with Crippen molar-refractivity contribution in [2.75, 3.05) is 6.54 Å². The van der Waals surface area contributed by atoms with Crippen LogP contribution >= 0.6 is 0 Å². The summed E-state index contributed by atoms with van der Waals surface area (Å²) in [6.07, 6.45) is 9.20. The second kappa shape index (κ2) is 3.89. The lowest BCUT2D eigenvalue weighted by molar-refractivity contribution is 0.520. The molecule has 0 unspecified atom stereocenters. The maximum Gasteiger partial charge on any atom is -0.00173 e. The first-order valence-electron chi connectivity index (χ1n) is 6.62. The maximum atomic E-state index is 5.85. The first-order chi connectivity index (χ1) is 7.81. The van der Waals surface area contributed by atoms with E-state index in [0.717, 1.165) is 6.54 Å². The number of aryl methyl sites for hydroxylation is 2. The molecule has 2 aliphatic carbocycles. The van der Waals surface area contributed by atoms with E-state index in [4.69, 9.17) is 5.73 Å². The molecule has 86 valence electrons. The van der Waals surface area contributed by atoms with E-state index in [1.165, 1.54) is 50.5 Å². The summed E-state index contributed by atoms with van der Waals surface area (Å²) in [5, 5.41) is 0. The normalized spacial score (nSPS) is 21.6. The van der Waals surface area contributed by atoms with Crippen LogP contribution in [0, 0.1) is 5.41 Å². The highest BCUT2D eigenvalue weighted by Gasteiger charge is 2.40. The third-order valence-electron chi connectivity index (χ3n) is 4.38. The Kier molecular flexibility index (Phi) is 2.51. The minimum atomic E-state index is 0.475. The van der Waals surface area contributed by atoms with Gasteiger partial charge in [0.2, 0.25) is 0 Å². The largest absolute Gasteiger partial charge is 0.330 e. The summed E-state index contributed by atoms with van der Waals surface area (Å²) in [7, 11) is 0. The Morgan fingerprint density at radius 1 is 1.06 bits per heavy atom. The Hall–Kier alpha value is -0.820. The van der Waals surface area contributed by atoms with Crippen LogP contribution in [0.2, 0.25) is 0 Å². The Morgan fingerprint density at radius 3 is 2.50 bits per heavy atom. The molecule has 1 aromatic carbocycles. The zero-order valence-corrected chi connectivity index (χ0v) is 9.97. The van der Waals surface area contributed by atoms with Gasteiger partial charge in [0.15, 0.2) is 0 Å². The molecule has 0 radical (unpaired) electrons. The molecule has 1 fully saturated rings. The quantitative estimate of drug-likeness (QED) is 0.824. The monoisotopic (exact) mass is 215 g/mol. The second-order valence-electron chi connectivity index (χ2n) is 5.69. The summed E-state index contributed by atoms with van der Waals surface area (Å²) in [6.45, 7) is 0.865. The number of hydrogen-bond acceptors (Lipinski definition) is 1. The van der Waals surface area contributed by atoms with Crippen LogP contribution in [0.4, 0.5) is 0 Å². The molecule has 3 rings (SSSR count). The van der Waals surface area contributed by atoms with Gasteiger partial charge < -0.3 is 5.73 Å². The molecule has 0 saturated heterocycles. The summed E-state index contributed by atoms with van der Waals surface area (Å²) < 4.78 is 0. The Labute approximate surface area is 98.0 Å². The Balaban J connectivity index is 1.80. The average Bonchev–Trinajstić information content (AvgIpc) is 3.09. The fourth-order valence-electron chi connectivity index (χ4n) is 2.96. The minimum absolute atomic E-state index is 0.475. The van der Waals surface area contributed by atoms with Gasteiger partial charge in [0.1, 0.15) is 0 Å². The summed E-state index contributed by atoms with van der Waals surface area (Å²) in [4.78, 5) is 0. The molecule has 0 amide bonds. The fourth-order valence-corrected chi connectivity index (χ4v) is 2.96. The zero-order chi connectivity index (χ0) is 11.0. The van der Waals surface area contributed by atoms with Gasteiger partial charge in [-0.15, -0.1) is 0 Å². The molecule has 1 nitrogen and oxygen atoms in total. The molecule has 0 bridgehead atoms. The second-order valence-corrected chi connectivity index (χ2v) is 5.69. The van der Waals surface area contributed by atoms with Gasteiger partial charge >= 0.3 is 0 Å². The van der Waals surface area contributed by atoms with Crippen molar-refractivity contribution in [2.45, 2.75) is 44.9 Å². The number of rotatable bonds is 3. The van der Waals surface area contributed by atoms with Gasteiger partial charge in [-0.2, -0.15) is 0 Å². The number of fused-ring (bicyclic) bond motifs is 1. The van der Waals surface area contributed by atoms with Crippen LogP contribution in [0.15, 0.2) is 18.2 Å². The van der Waals surface area contributed by atoms with Crippen molar-refractivity contribution in [2.24, 2.45) is 11.1 Å². The van der Waals surface area contributed by atoms with Crippen LogP contribution in [0.25, 0.3) is 0 Å². The van der Waals surface area contributed by atoms with E-state index in [9.17, 15) is 0 Å². The molecule has 0 aliphatic heterocycles. The summed E-state index contributed by atoms with van der Waals surface area (Å²) in [6, 6.07) is 7.14. The van der Waals surface area contributed by atoms with Crippen molar-refractivity contribution in [3.63, 3.8) is 0 Å². The predicted molar refractivity (Wildman–Crippen MR) is 67.5 cm³/mol. The third kappa shape index (κ3) is 1.89. The van der Waals surface area contributed by atoms with Gasteiger partial charge in [-0.05, 0) is 73.6 Å². The van der Waals surface area contributed by atoms with Gasteiger partial charge in [0.05, 0.1) is 0 Å². The standard InChI is InChI=1S/C15H21N/c16-11-15(7-8-15)10-12-5-6-13-3-1-2-4-14(13)9-12/h5-6,9H,1-4,7-8,10-11,16H2. The van der Waals surface area contributed by atoms with Crippen LogP contribution in [0.5, 0.6) is 0 Å². The summed E-state index contributed by atoms with van der Waals surface area (Å²) in [5.41, 5.74) is 11.0. The Morgan fingerprint density at radius 2 is 1.81 bits per heavy atom. The van der Waals surface area contributed by atoms with Crippen LogP contribution < -0.4 is 5.73 Å². The van der Waals surface area contributed by atoms with E-state index in [1.54, 1.807) is 11.1 Å². The molecule has 0 atom stereocenters. The molecule has 0 aromatic heterocycles. The molecule has 2 aliphatic rings. The molecule has 1 heteroatoms. The van der Waals surface area contributed by atoms with Gasteiger partial charge in [0, 0.05) is 0 Å². The van der Waals surface area contributed by atoms with E-state index >= 15 is 0 Å². The van der Waals surface area contributed by atoms with E-state index in [1.807, 2.05) is 0 Å². The molecular weight excluding hydrogens is 194 g/mol. The van der Waals surface area contributed by atoms with E-state index in [2.05, 4.69) is 18.2 Å². The lowest BCUT2D eigenvalue weighted by Gasteiger charge is -2.18. The van der Waals surface area contributed by atoms with E-state index in [-0.39, 0.29) is 0 Å². The zero-order valence-electron chi connectivity index (χ0n) is 9.97. The van der Waals surface area contributed by atoms with Crippen molar-refractivity contribution >= 4 is 0 Å². The molecule has 0 heterocycles. The van der Waals surface area contributed by atoms with Crippen molar-refractivity contribution < 1.29 is 0 Å². The van der Waals surface area contributed by atoms with Crippen LogP contribution in [0.1, 0.15) is 42.4 Å². The first-order valence-corrected chi connectivity index (χ1v) is 6.62. The predicted octanol–water partition coefficient (Wildman–Crippen LogP) is 2.85. The van der Waals surface area contributed by atoms with E-state index in [0.29, 0.717) is 5.41 Å². The molecule has 0 spiro atoms. The lowest BCUT2D eigenvalue weighted by atomic mass is 9.88. The SMILES string of the molecule is NCC1(Cc2ccc3c(c2)CCCC3)CC1. The fraction of sp³-hybridized carbons (Fsp3) is 0.600. The number of nitrogens with two attached hydrogens (primary N) is 1. The third-order valence-corrected chi connectivity index (χ3v) is 4.38. The van der Waals surface area contributed by atoms with Gasteiger partial charge in [0.25, 0.3) is 0 Å². The number of hydrogen-bond donors (Lipinski definition) is 1.